The normalized spacial score (nSPS) is 14.2. The Bertz CT molecular complexity index is 458. The number of methoxy groups -OCH3 is 2. The van der Waals surface area contributed by atoms with E-state index in [2.05, 4.69) is 21.2 Å². The molecular weight excluding hydrogens is 298 g/mol. The van der Waals surface area contributed by atoms with Gasteiger partial charge in [-0.3, -0.25) is 4.79 Å². The maximum Gasteiger partial charge on any atom is 0.224 e. The van der Waals surface area contributed by atoms with E-state index in [0.717, 1.165) is 22.9 Å². The van der Waals surface area contributed by atoms with E-state index in [-0.39, 0.29) is 5.91 Å². The summed E-state index contributed by atoms with van der Waals surface area (Å²) in [5.74, 6) is 1.33. The van der Waals surface area contributed by atoms with Crippen LogP contribution < -0.4 is 14.8 Å². The van der Waals surface area contributed by atoms with E-state index >= 15 is 0 Å². The third kappa shape index (κ3) is 3.16. The van der Waals surface area contributed by atoms with Gasteiger partial charge in [0.05, 0.1) is 20.6 Å². The molecule has 0 aromatic heterocycles. The molecular formula is C13H16BrNO3. The summed E-state index contributed by atoms with van der Waals surface area (Å²) in [6.07, 6.45) is 2.54. The van der Waals surface area contributed by atoms with Crippen LogP contribution in [0.5, 0.6) is 11.5 Å². The predicted molar refractivity (Wildman–Crippen MR) is 72.1 cm³/mol. The summed E-state index contributed by atoms with van der Waals surface area (Å²) in [6, 6.07) is 4.03. The number of nitrogens with one attached hydrogen (secondary N) is 1. The molecule has 0 radical (unpaired) electrons. The average molecular weight is 314 g/mol. The van der Waals surface area contributed by atoms with Crippen LogP contribution in [0.3, 0.4) is 0 Å². The zero-order valence-electron chi connectivity index (χ0n) is 10.5. The van der Waals surface area contributed by atoms with Crippen LogP contribution >= 0.6 is 15.9 Å². The van der Waals surface area contributed by atoms with Crippen LogP contribution in [0.2, 0.25) is 0 Å². The highest BCUT2D eigenvalue weighted by Crippen LogP contribution is 2.33. The third-order valence-electron chi connectivity index (χ3n) is 2.85. The molecule has 0 unspecified atom stereocenters. The Labute approximate surface area is 115 Å². The summed E-state index contributed by atoms with van der Waals surface area (Å²) in [7, 11) is 3.17. The van der Waals surface area contributed by atoms with Crippen molar-refractivity contribution in [2.75, 3.05) is 14.2 Å². The van der Waals surface area contributed by atoms with Gasteiger partial charge in [0.15, 0.2) is 11.5 Å². The lowest BCUT2D eigenvalue weighted by molar-refractivity contribution is -0.120. The van der Waals surface area contributed by atoms with Crippen molar-refractivity contribution in [3.8, 4) is 11.5 Å². The minimum absolute atomic E-state index is 0.0467. The second-order valence-electron chi connectivity index (χ2n) is 4.32. The number of carbonyl (C=O) groups excluding carboxylic acids is 1. The maximum absolute atomic E-state index is 11.8. The van der Waals surface area contributed by atoms with Crippen molar-refractivity contribution in [1.82, 2.24) is 5.32 Å². The molecule has 1 aromatic carbocycles. The molecule has 18 heavy (non-hydrogen) atoms. The van der Waals surface area contributed by atoms with E-state index < -0.39 is 0 Å². The lowest BCUT2D eigenvalue weighted by Crippen LogP contribution is -2.27. The molecule has 1 saturated carbocycles. The van der Waals surface area contributed by atoms with Crippen LogP contribution in [-0.4, -0.2) is 26.2 Å². The molecule has 0 aliphatic heterocycles. The number of carbonyl (C=O) groups is 1. The summed E-state index contributed by atoms with van der Waals surface area (Å²) in [5.41, 5.74) is 0.894. The van der Waals surface area contributed by atoms with E-state index in [0.29, 0.717) is 24.0 Å². The zero-order chi connectivity index (χ0) is 13.1. The van der Waals surface area contributed by atoms with Crippen LogP contribution in [0, 0.1) is 0 Å². The van der Waals surface area contributed by atoms with Crippen LogP contribution in [0.1, 0.15) is 18.4 Å². The summed E-state index contributed by atoms with van der Waals surface area (Å²) in [6.45, 7) is 0. The number of amides is 1. The van der Waals surface area contributed by atoms with Gasteiger partial charge in [0.2, 0.25) is 5.91 Å². The first-order chi connectivity index (χ1) is 8.63. The molecule has 1 aliphatic carbocycles. The summed E-state index contributed by atoms with van der Waals surface area (Å²) in [5, 5.41) is 2.96. The molecule has 0 spiro atoms. The highest BCUT2D eigenvalue weighted by atomic mass is 79.9. The quantitative estimate of drug-likeness (QED) is 0.907. The lowest BCUT2D eigenvalue weighted by Gasteiger charge is -2.11. The van der Waals surface area contributed by atoms with Gasteiger partial charge in [-0.15, -0.1) is 0 Å². The molecule has 0 heterocycles. The van der Waals surface area contributed by atoms with Crippen molar-refractivity contribution in [2.45, 2.75) is 25.3 Å². The Balaban J connectivity index is 2.13. The summed E-state index contributed by atoms with van der Waals surface area (Å²) in [4.78, 5) is 11.8. The third-order valence-corrected chi connectivity index (χ3v) is 3.58. The van der Waals surface area contributed by atoms with Crippen LogP contribution in [0.15, 0.2) is 16.6 Å². The molecule has 5 heteroatoms. The number of hydrogen-bond donors (Lipinski definition) is 1. The molecule has 0 bridgehead atoms. The number of benzene rings is 1. The summed E-state index contributed by atoms with van der Waals surface area (Å²) >= 11 is 3.45. The van der Waals surface area contributed by atoms with Gasteiger partial charge < -0.3 is 14.8 Å². The first kappa shape index (κ1) is 13.2. The molecule has 1 aliphatic rings. The Kier molecular flexibility index (Phi) is 4.11. The van der Waals surface area contributed by atoms with Crippen molar-refractivity contribution in [3.63, 3.8) is 0 Å². The molecule has 1 aromatic rings. The Morgan fingerprint density at radius 2 is 1.94 bits per heavy atom. The summed E-state index contributed by atoms with van der Waals surface area (Å²) < 4.78 is 11.3. The van der Waals surface area contributed by atoms with Gasteiger partial charge in [0.1, 0.15) is 0 Å². The maximum atomic E-state index is 11.8. The Morgan fingerprint density at radius 1 is 1.33 bits per heavy atom. The standard InChI is InChI=1S/C13H16BrNO3/c1-17-11-5-8(10(14)7-12(11)18-2)6-13(16)15-9-3-4-9/h5,7,9H,3-4,6H2,1-2H3,(H,15,16). The van der Waals surface area contributed by atoms with Gasteiger partial charge in [0, 0.05) is 10.5 Å². The Hall–Kier alpha value is -1.23. The monoisotopic (exact) mass is 313 g/mol. The molecule has 0 saturated heterocycles. The van der Waals surface area contributed by atoms with Gasteiger partial charge >= 0.3 is 0 Å². The molecule has 2 rings (SSSR count). The number of hydrogen-bond acceptors (Lipinski definition) is 3. The van der Waals surface area contributed by atoms with Crippen molar-refractivity contribution in [3.05, 3.63) is 22.2 Å². The predicted octanol–water partition coefficient (Wildman–Crippen LogP) is 2.29. The molecule has 1 fully saturated rings. The molecule has 98 valence electrons. The molecule has 1 amide bonds. The molecule has 1 N–H and O–H groups in total. The number of halogens is 1. The van der Waals surface area contributed by atoms with Crippen molar-refractivity contribution < 1.29 is 14.3 Å². The van der Waals surface area contributed by atoms with Gasteiger partial charge in [-0.1, -0.05) is 15.9 Å². The highest BCUT2D eigenvalue weighted by Gasteiger charge is 2.23. The second-order valence-corrected chi connectivity index (χ2v) is 5.17. The van der Waals surface area contributed by atoms with Gasteiger partial charge in [-0.05, 0) is 30.5 Å². The van der Waals surface area contributed by atoms with Crippen LogP contribution in [-0.2, 0) is 11.2 Å². The van der Waals surface area contributed by atoms with Crippen LogP contribution in [0.4, 0.5) is 0 Å². The van der Waals surface area contributed by atoms with E-state index in [1.54, 1.807) is 14.2 Å². The van der Waals surface area contributed by atoms with Crippen molar-refractivity contribution >= 4 is 21.8 Å². The number of ether oxygens (including phenoxy) is 2. The first-order valence-electron chi connectivity index (χ1n) is 5.83. The first-order valence-corrected chi connectivity index (χ1v) is 6.63. The average Bonchev–Trinajstić information content (AvgIpc) is 3.14. The SMILES string of the molecule is COc1cc(Br)c(CC(=O)NC2CC2)cc1OC. The van der Waals surface area contributed by atoms with E-state index in [4.69, 9.17) is 9.47 Å². The van der Waals surface area contributed by atoms with Gasteiger partial charge in [0.25, 0.3) is 0 Å². The molecule has 0 atom stereocenters. The highest BCUT2D eigenvalue weighted by molar-refractivity contribution is 9.10. The topological polar surface area (TPSA) is 47.6 Å². The van der Waals surface area contributed by atoms with Gasteiger partial charge in [-0.25, -0.2) is 0 Å². The number of rotatable bonds is 5. The smallest absolute Gasteiger partial charge is 0.224 e. The lowest BCUT2D eigenvalue weighted by atomic mass is 10.1. The van der Waals surface area contributed by atoms with E-state index in [1.165, 1.54) is 0 Å². The van der Waals surface area contributed by atoms with Gasteiger partial charge in [-0.2, -0.15) is 0 Å². The fraction of sp³-hybridized carbons (Fsp3) is 0.462. The molecule has 4 nitrogen and oxygen atoms in total. The van der Waals surface area contributed by atoms with E-state index in [1.807, 2.05) is 12.1 Å². The second kappa shape index (κ2) is 5.61. The Morgan fingerprint density at radius 3 is 2.50 bits per heavy atom. The fourth-order valence-electron chi connectivity index (χ4n) is 1.71. The van der Waals surface area contributed by atoms with Crippen molar-refractivity contribution in [2.24, 2.45) is 0 Å². The van der Waals surface area contributed by atoms with Crippen molar-refractivity contribution in [1.29, 1.82) is 0 Å². The largest absolute Gasteiger partial charge is 0.493 e. The minimum atomic E-state index is 0.0467. The van der Waals surface area contributed by atoms with E-state index in [9.17, 15) is 4.79 Å². The zero-order valence-corrected chi connectivity index (χ0v) is 12.0. The van der Waals surface area contributed by atoms with Crippen LogP contribution in [0.25, 0.3) is 0 Å². The fourth-order valence-corrected chi connectivity index (χ4v) is 2.17. The minimum Gasteiger partial charge on any atom is -0.493 e.